The van der Waals surface area contributed by atoms with Gasteiger partial charge in [-0.05, 0) is 65.8 Å². The summed E-state index contributed by atoms with van der Waals surface area (Å²) in [6, 6.07) is 8.88. The van der Waals surface area contributed by atoms with Crippen LogP contribution in [0.3, 0.4) is 0 Å². The third-order valence-electron chi connectivity index (χ3n) is 5.08. The first-order valence-corrected chi connectivity index (χ1v) is 10.4. The number of fused-ring (bicyclic) bond motifs is 1. The third kappa shape index (κ3) is 4.85. The van der Waals surface area contributed by atoms with E-state index in [0.717, 1.165) is 11.1 Å². The molecular formula is C24H29N3O5. The van der Waals surface area contributed by atoms with Gasteiger partial charge in [-0.15, -0.1) is 0 Å². The minimum atomic E-state index is -0.672. The van der Waals surface area contributed by atoms with E-state index in [2.05, 4.69) is 10.6 Å². The Hall–Kier alpha value is -3.55. The fourth-order valence-corrected chi connectivity index (χ4v) is 3.59. The summed E-state index contributed by atoms with van der Waals surface area (Å²) in [5.74, 6) is 0.156. The fraction of sp³-hybridized carbons (Fsp3) is 0.375. The van der Waals surface area contributed by atoms with Crippen LogP contribution in [0.1, 0.15) is 58.2 Å². The van der Waals surface area contributed by atoms with E-state index in [1.54, 1.807) is 31.2 Å². The number of hydrogen-bond donors (Lipinski definition) is 2. The highest BCUT2D eigenvalue weighted by molar-refractivity contribution is 6.00. The van der Waals surface area contributed by atoms with Gasteiger partial charge in [-0.1, -0.05) is 22.3 Å². The van der Waals surface area contributed by atoms with E-state index in [0.29, 0.717) is 28.2 Å². The van der Waals surface area contributed by atoms with Crippen molar-refractivity contribution in [3.05, 3.63) is 58.1 Å². The minimum absolute atomic E-state index is 0.199. The number of amides is 2. The number of carbonyl (C=O) groups excluding carboxylic acids is 2. The van der Waals surface area contributed by atoms with E-state index in [-0.39, 0.29) is 12.5 Å². The van der Waals surface area contributed by atoms with Gasteiger partial charge < -0.3 is 14.7 Å². The molecule has 0 bridgehead atoms. The number of oxime groups is 1. The number of nitrogens with zero attached hydrogens (tertiary/aromatic N) is 2. The van der Waals surface area contributed by atoms with Crippen LogP contribution in [0.15, 0.2) is 35.5 Å². The van der Waals surface area contributed by atoms with E-state index in [1.165, 1.54) is 11.2 Å². The van der Waals surface area contributed by atoms with E-state index in [4.69, 9.17) is 14.7 Å². The molecule has 0 aromatic heterocycles. The second kappa shape index (κ2) is 8.90. The first kappa shape index (κ1) is 23.1. The Morgan fingerprint density at radius 1 is 1.16 bits per heavy atom. The molecule has 1 aliphatic rings. The van der Waals surface area contributed by atoms with Gasteiger partial charge in [0.2, 0.25) is 0 Å². The fourth-order valence-electron chi connectivity index (χ4n) is 3.59. The highest BCUT2D eigenvalue weighted by Gasteiger charge is 2.31. The molecular weight excluding hydrogens is 410 g/mol. The lowest BCUT2D eigenvalue weighted by Crippen LogP contribution is -2.56. The monoisotopic (exact) mass is 439 g/mol. The number of rotatable bonds is 3. The van der Waals surface area contributed by atoms with Gasteiger partial charge in [-0.3, -0.25) is 15.0 Å². The van der Waals surface area contributed by atoms with E-state index >= 15 is 0 Å². The molecule has 32 heavy (non-hydrogen) atoms. The Morgan fingerprint density at radius 2 is 1.81 bits per heavy atom. The lowest BCUT2D eigenvalue weighted by atomic mass is 10.0. The van der Waals surface area contributed by atoms with Crippen molar-refractivity contribution < 1.29 is 24.3 Å². The van der Waals surface area contributed by atoms with Crippen LogP contribution in [-0.2, 0) is 0 Å². The number of hydrogen-bond acceptors (Lipinski definition) is 6. The van der Waals surface area contributed by atoms with Gasteiger partial charge in [0.05, 0.1) is 11.8 Å². The van der Waals surface area contributed by atoms with Crippen LogP contribution < -0.4 is 14.9 Å². The van der Waals surface area contributed by atoms with Gasteiger partial charge in [0.25, 0.3) is 11.8 Å². The van der Waals surface area contributed by atoms with Gasteiger partial charge in [0.15, 0.2) is 17.6 Å². The summed E-state index contributed by atoms with van der Waals surface area (Å²) in [4.78, 5) is 26.5. The molecule has 2 aromatic carbocycles. The minimum Gasteiger partial charge on any atom is -0.485 e. The van der Waals surface area contributed by atoms with Crippen LogP contribution in [0.4, 0.5) is 0 Å². The SMILES string of the molecule is Cc1cc(C)cc(C(=O)N(NC(=O)c2ccc3c(c2C)O[C@@H](C=NO)CO3)C(C)(C)C)c1. The number of hydrazine groups is 1. The maximum absolute atomic E-state index is 13.3. The first-order chi connectivity index (χ1) is 15.0. The zero-order valence-corrected chi connectivity index (χ0v) is 19.2. The summed E-state index contributed by atoms with van der Waals surface area (Å²) in [6.07, 6.45) is 0.653. The second-order valence-corrected chi connectivity index (χ2v) is 8.93. The van der Waals surface area contributed by atoms with Gasteiger partial charge in [-0.25, -0.2) is 5.01 Å². The van der Waals surface area contributed by atoms with E-state index in [1.807, 2.05) is 40.7 Å². The van der Waals surface area contributed by atoms with Gasteiger partial charge in [0, 0.05) is 16.7 Å². The largest absolute Gasteiger partial charge is 0.485 e. The van der Waals surface area contributed by atoms with Crippen molar-refractivity contribution in [3.63, 3.8) is 0 Å². The zero-order valence-electron chi connectivity index (χ0n) is 19.2. The first-order valence-electron chi connectivity index (χ1n) is 10.4. The molecule has 2 aromatic rings. The molecule has 0 fully saturated rings. The predicted octanol–water partition coefficient (Wildman–Crippen LogP) is 3.80. The van der Waals surface area contributed by atoms with E-state index in [9.17, 15) is 9.59 Å². The Kier molecular flexibility index (Phi) is 6.43. The second-order valence-electron chi connectivity index (χ2n) is 8.93. The molecule has 2 amide bonds. The average molecular weight is 440 g/mol. The molecule has 1 heterocycles. The van der Waals surface area contributed by atoms with Crippen molar-refractivity contribution >= 4 is 18.0 Å². The molecule has 0 spiro atoms. The number of benzene rings is 2. The molecule has 8 heteroatoms. The Morgan fingerprint density at radius 3 is 2.41 bits per heavy atom. The van der Waals surface area contributed by atoms with Gasteiger partial charge >= 0.3 is 0 Å². The maximum Gasteiger partial charge on any atom is 0.272 e. The molecule has 0 saturated heterocycles. The Bertz CT molecular complexity index is 1050. The molecule has 1 aliphatic heterocycles. The smallest absolute Gasteiger partial charge is 0.272 e. The van der Waals surface area contributed by atoms with Crippen LogP contribution >= 0.6 is 0 Å². The van der Waals surface area contributed by atoms with Gasteiger partial charge in [-0.2, -0.15) is 0 Å². The molecule has 0 aliphatic carbocycles. The highest BCUT2D eigenvalue weighted by Crippen LogP contribution is 2.36. The number of carbonyl (C=O) groups is 2. The van der Waals surface area contributed by atoms with Crippen LogP contribution in [0.25, 0.3) is 0 Å². The Balaban J connectivity index is 1.91. The van der Waals surface area contributed by atoms with Crippen LogP contribution in [0.2, 0.25) is 0 Å². The summed E-state index contributed by atoms with van der Waals surface area (Å²) >= 11 is 0. The van der Waals surface area contributed by atoms with Crippen molar-refractivity contribution in [2.24, 2.45) is 5.16 Å². The summed E-state index contributed by atoms with van der Waals surface area (Å²) < 4.78 is 11.4. The lowest BCUT2D eigenvalue weighted by molar-refractivity contribution is 0.0358. The van der Waals surface area contributed by atoms with Crippen LogP contribution in [0.5, 0.6) is 11.5 Å². The third-order valence-corrected chi connectivity index (χ3v) is 5.08. The molecule has 0 unspecified atom stereocenters. The number of nitrogens with one attached hydrogen (secondary N) is 1. The van der Waals surface area contributed by atoms with Crippen molar-refractivity contribution in [3.8, 4) is 11.5 Å². The average Bonchev–Trinajstić information content (AvgIpc) is 2.70. The summed E-state index contributed by atoms with van der Waals surface area (Å²) in [7, 11) is 0. The number of aryl methyl sites for hydroxylation is 2. The summed E-state index contributed by atoms with van der Waals surface area (Å²) in [5, 5.41) is 13.1. The molecule has 2 N–H and O–H groups in total. The predicted molar refractivity (Wildman–Crippen MR) is 121 cm³/mol. The van der Waals surface area contributed by atoms with E-state index < -0.39 is 17.6 Å². The summed E-state index contributed by atoms with van der Waals surface area (Å²) in [5.41, 5.74) is 5.45. The van der Waals surface area contributed by atoms with Crippen molar-refractivity contribution in [2.45, 2.75) is 53.2 Å². The Labute approximate surface area is 187 Å². The lowest BCUT2D eigenvalue weighted by Gasteiger charge is -2.36. The zero-order chi connectivity index (χ0) is 23.6. The topological polar surface area (TPSA) is 100 Å². The van der Waals surface area contributed by atoms with Crippen molar-refractivity contribution in [1.29, 1.82) is 0 Å². The van der Waals surface area contributed by atoms with Crippen LogP contribution in [-0.4, -0.2) is 46.5 Å². The quantitative estimate of drug-likeness (QED) is 0.430. The van der Waals surface area contributed by atoms with Crippen molar-refractivity contribution in [1.82, 2.24) is 10.4 Å². The molecule has 0 radical (unpaired) electrons. The maximum atomic E-state index is 13.3. The molecule has 1 atom stereocenters. The number of ether oxygens (including phenoxy) is 2. The molecule has 170 valence electrons. The normalized spacial score (nSPS) is 15.5. The highest BCUT2D eigenvalue weighted by atomic mass is 16.6. The molecule has 8 nitrogen and oxygen atoms in total. The van der Waals surface area contributed by atoms with Crippen molar-refractivity contribution in [2.75, 3.05) is 6.61 Å². The summed E-state index contributed by atoms with van der Waals surface area (Å²) in [6.45, 7) is 11.3. The van der Waals surface area contributed by atoms with Crippen LogP contribution in [0, 0.1) is 20.8 Å². The molecule has 3 rings (SSSR count). The standard InChI is InChI=1S/C24H29N3O5/c1-14-9-15(2)11-17(10-14)23(29)27(24(4,5)6)26-22(28)19-7-8-20-21(16(19)3)32-18(12-25-30)13-31-20/h7-12,18,30H,13H2,1-6H3,(H,26,28)/t18-/m0/s1. The molecule has 0 saturated carbocycles. The van der Waals surface area contributed by atoms with Gasteiger partial charge in [0.1, 0.15) is 6.61 Å².